The summed E-state index contributed by atoms with van der Waals surface area (Å²) in [6.45, 7) is 10.4. The quantitative estimate of drug-likeness (QED) is 0.704. The van der Waals surface area contributed by atoms with E-state index in [1.54, 1.807) is 0 Å². The lowest BCUT2D eigenvalue weighted by molar-refractivity contribution is 0.267. The maximum Gasteiger partial charge on any atom is 0.00697 e. The van der Waals surface area contributed by atoms with Crippen molar-refractivity contribution in [2.24, 2.45) is 11.3 Å². The van der Waals surface area contributed by atoms with Crippen LogP contribution in [0.15, 0.2) is 0 Å². The van der Waals surface area contributed by atoms with Gasteiger partial charge in [-0.3, -0.25) is 0 Å². The lowest BCUT2D eigenvalue weighted by Crippen LogP contribution is -2.32. The SMILES string of the molecule is CCNC(CCC(C)(C)C)CC1CCCCC1. The summed E-state index contributed by atoms with van der Waals surface area (Å²) in [4.78, 5) is 0. The Labute approximate surface area is 109 Å². The molecule has 102 valence electrons. The summed E-state index contributed by atoms with van der Waals surface area (Å²) in [6, 6.07) is 0.766. The average molecular weight is 239 g/mol. The molecule has 1 unspecified atom stereocenters. The Bertz CT molecular complexity index is 186. The molecule has 0 aromatic heterocycles. The first-order valence-electron chi connectivity index (χ1n) is 7.74. The van der Waals surface area contributed by atoms with Gasteiger partial charge in [-0.15, -0.1) is 0 Å². The van der Waals surface area contributed by atoms with E-state index < -0.39 is 0 Å². The van der Waals surface area contributed by atoms with Gasteiger partial charge in [0.1, 0.15) is 0 Å². The van der Waals surface area contributed by atoms with Gasteiger partial charge in [0.25, 0.3) is 0 Å². The third-order valence-corrected chi connectivity index (χ3v) is 4.08. The summed E-state index contributed by atoms with van der Waals surface area (Å²) < 4.78 is 0. The summed E-state index contributed by atoms with van der Waals surface area (Å²) in [5.74, 6) is 1.01. The summed E-state index contributed by atoms with van der Waals surface area (Å²) in [7, 11) is 0. The maximum absolute atomic E-state index is 3.70. The Hall–Kier alpha value is -0.0400. The Kier molecular flexibility index (Phi) is 6.54. The van der Waals surface area contributed by atoms with Crippen LogP contribution in [0.3, 0.4) is 0 Å². The van der Waals surface area contributed by atoms with Crippen molar-refractivity contribution >= 4 is 0 Å². The highest BCUT2D eigenvalue weighted by molar-refractivity contribution is 4.76. The van der Waals surface area contributed by atoms with Crippen molar-refractivity contribution in [2.45, 2.75) is 85.1 Å². The van der Waals surface area contributed by atoms with Crippen LogP contribution < -0.4 is 5.32 Å². The van der Waals surface area contributed by atoms with Gasteiger partial charge in [-0.2, -0.15) is 0 Å². The molecular formula is C16H33N. The predicted octanol–water partition coefficient (Wildman–Crippen LogP) is 4.76. The average Bonchev–Trinajstić information content (AvgIpc) is 2.27. The highest BCUT2D eigenvalue weighted by Crippen LogP contribution is 2.29. The normalized spacial score (nSPS) is 20.5. The molecule has 1 nitrogen and oxygen atoms in total. The monoisotopic (exact) mass is 239 g/mol. The Morgan fingerprint density at radius 3 is 2.29 bits per heavy atom. The van der Waals surface area contributed by atoms with E-state index in [9.17, 15) is 0 Å². The summed E-state index contributed by atoms with van der Waals surface area (Å²) in [5, 5.41) is 3.70. The molecule has 1 saturated carbocycles. The molecule has 1 aliphatic rings. The fraction of sp³-hybridized carbons (Fsp3) is 1.00. The van der Waals surface area contributed by atoms with Crippen LogP contribution in [-0.2, 0) is 0 Å². The smallest absolute Gasteiger partial charge is 0.00697 e. The van der Waals surface area contributed by atoms with Crippen LogP contribution in [-0.4, -0.2) is 12.6 Å². The number of rotatable bonds is 6. The molecule has 0 aromatic carbocycles. The first-order valence-corrected chi connectivity index (χ1v) is 7.74. The maximum atomic E-state index is 3.70. The van der Waals surface area contributed by atoms with Crippen LogP contribution in [0.4, 0.5) is 0 Å². The highest BCUT2D eigenvalue weighted by atomic mass is 14.9. The third kappa shape index (κ3) is 7.08. The molecule has 0 radical (unpaired) electrons. The second-order valence-electron chi connectivity index (χ2n) is 7.09. The van der Waals surface area contributed by atoms with Gasteiger partial charge in [-0.1, -0.05) is 59.8 Å². The highest BCUT2D eigenvalue weighted by Gasteiger charge is 2.20. The van der Waals surface area contributed by atoms with Crippen LogP contribution in [0, 0.1) is 11.3 Å². The van der Waals surface area contributed by atoms with E-state index >= 15 is 0 Å². The van der Waals surface area contributed by atoms with E-state index in [1.807, 2.05) is 0 Å². The summed E-state index contributed by atoms with van der Waals surface area (Å²) in [6.07, 6.45) is 11.5. The van der Waals surface area contributed by atoms with E-state index in [0.717, 1.165) is 18.5 Å². The van der Waals surface area contributed by atoms with Crippen LogP contribution in [0.5, 0.6) is 0 Å². The first-order chi connectivity index (χ1) is 8.01. The lowest BCUT2D eigenvalue weighted by atomic mass is 9.82. The third-order valence-electron chi connectivity index (χ3n) is 4.08. The van der Waals surface area contributed by atoms with Crippen molar-refractivity contribution in [3.05, 3.63) is 0 Å². The van der Waals surface area contributed by atoms with Gasteiger partial charge in [-0.25, -0.2) is 0 Å². The van der Waals surface area contributed by atoms with Crippen molar-refractivity contribution in [1.29, 1.82) is 0 Å². The van der Waals surface area contributed by atoms with Crippen molar-refractivity contribution < 1.29 is 0 Å². The van der Waals surface area contributed by atoms with E-state index in [2.05, 4.69) is 33.0 Å². The second-order valence-corrected chi connectivity index (χ2v) is 7.09. The zero-order chi connectivity index (χ0) is 12.7. The zero-order valence-electron chi connectivity index (χ0n) is 12.5. The van der Waals surface area contributed by atoms with Crippen molar-refractivity contribution in [3.8, 4) is 0 Å². The number of hydrogen-bond acceptors (Lipinski definition) is 1. The van der Waals surface area contributed by atoms with Crippen molar-refractivity contribution in [2.75, 3.05) is 6.54 Å². The zero-order valence-corrected chi connectivity index (χ0v) is 12.5. The molecule has 0 amide bonds. The Balaban J connectivity index is 2.31. The van der Waals surface area contributed by atoms with Crippen molar-refractivity contribution in [3.63, 3.8) is 0 Å². The lowest BCUT2D eigenvalue weighted by Gasteiger charge is -2.29. The standard InChI is InChI=1S/C16H33N/c1-5-17-15(11-12-16(2,3)4)13-14-9-7-6-8-10-14/h14-15,17H,5-13H2,1-4H3. The molecule has 1 atom stereocenters. The molecule has 0 heterocycles. The van der Waals surface area contributed by atoms with Gasteiger partial charge < -0.3 is 5.32 Å². The molecule has 0 bridgehead atoms. The molecule has 1 fully saturated rings. The van der Waals surface area contributed by atoms with E-state index in [4.69, 9.17) is 0 Å². The van der Waals surface area contributed by atoms with Gasteiger partial charge in [0.2, 0.25) is 0 Å². The summed E-state index contributed by atoms with van der Waals surface area (Å²) in [5.41, 5.74) is 0.486. The molecule has 1 aliphatic carbocycles. The van der Waals surface area contributed by atoms with E-state index in [0.29, 0.717) is 5.41 Å². The van der Waals surface area contributed by atoms with E-state index in [-0.39, 0.29) is 0 Å². The minimum absolute atomic E-state index is 0.486. The fourth-order valence-corrected chi connectivity index (χ4v) is 3.02. The molecule has 0 aliphatic heterocycles. The summed E-state index contributed by atoms with van der Waals surface area (Å²) >= 11 is 0. The molecule has 0 aromatic rings. The second kappa shape index (κ2) is 7.41. The largest absolute Gasteiger partial charge is 0.314 e. The van der Waals surface area contributed by atoms with Crippen LogP contribution in [0.1, 0.15) is 79.1 Å². The van der Waals surface area contributed by atoms with Gasteiger partial charge in [-0.05, 0) is 37.1 Å². The molecular weight excluding hydrogens is 206 g/mol. The number of nitrogens with one attached hydrogen (secondary N) is 1. The first kappa shape index (κ1) is 15.0. The van der Waals surface area contributed by atoms with Crippen LogP contribution in [0.2, 0.25) is 0 Å². The van der Waals surface area contributed by atoms with Crippen molar-refractivity contribution in [1.82, 2.24) is 5.32 Å². The van der Waals surface area contributed by atoms with Crippen LogP contribution >= 0.6 is 0 Å². The molecule has 1 rings (SSSR count). The Morgan fingerprint density at radius 1 is 1.12 bits per heavy atom. The minimum atomic E-state index is 0.486. The Morgan fingerprint density at radius 2 is 1.76 bits per heavy atom. The van der Waals surface area contributed by atoms with Gasteiger partial charge in [0.05, 0.1) is 0 Å². The van der Waals surface area contributed by atoms with E-state index in [1.165, 1.54) is 51.4 Å². The van der Waals surface area contributed by atoms with Crippen LogP contribution in [0.25, 0.3) is 0 Å². The molecule has 1 heteroatoms. The molecule has 17 heavy (non-hydrogen) atoms. The minimum Gasteiger partial charge on any atom is -0.314 e. The van der Waals surface area contributed by atoms with Gasteiger partial charge in [0.15, 0.2) is 0 Å². The fourth-order valence-electron chi connectivity index (χ4n) is 3.02. The number of hydrogen-bond donors (Lipinski definition) is 1. The molecule has 0 spiro atoms. The predicted molar refractivity (Wildman–Crippen MR) is 77.3 cm³/mol. The molecule has 0 saturated heterocycles. The van der Waals surface area contributed by atoms with Gasteiger partial charge in [0, 0.05) is 6.04 Å². The topological polar surface area (TPSA) is 12.0 Å². The molecule has 1 N–H and O–H groups in total. The van der Waals surface area contributed by atoms with Gasteiger partial charge >= 0.3 is 0 Å².